The van der Waals surface area contributed by atoms with E-state index < -0.39 is 47.2 Å². The monoisotopic (exact) mass is 576 g/mol. The van der Waals surface area contributed by atoms with Crippen molar-refractivity contribution in [3.8, 4) is 5.75 Å². The molecule has 0 aliphatic carbocycles. The first kappa shape index (κ1) is 29.5. The minimum atomic E-state index is -0.817. The Labute approximate surface area is 236 Å². The maximum absolute atomic E-state index is 13.8. The van der Waals surface area contributed by atoms with Gasteiger partial charge in [0, 0.05) is 18.7 Å². The Bertz CT molecular complexity index is 1390. The van der Waals surface area contributed by atoms with E-state index in [0.29, 0.717) is 24.0 Å². The predicted molar refractivity (Wildman–Crippen MR) is 146 cm³/mol. The van der Waals surface area contributed by atoms with Crippen LogP contribution >= 0.6 is 11.6 Å². The summed E-state index contributed by atoms with van der Waals surface area (Å²) in [6.45, 7) is 4.11. The van der Waals surface area contributed by atoms with E-state index in [2.05, 4.69) is 0 Å². The van der Waals surface area contributed by atoms with Crippen LogP contribution in [-0.2, 0) is 22.5 Å². The van der Waals surface area contributed by atoms with Gasteiger partial charge in [-0.1, -0.05) is 31.0 Å². The summed E-state index contributed by atoms with van der Waals surface area (Å²) in [5.74, 6) is -2.76. The first-order valence-corrected chi connectivity index (χ1v) is 13.7. The first-order valence-electron chi connectivity index (χ1n) is 13.3. The molecule has 2 aliphatic rings. The number of hydrogen-bond donors (Lipinski definition) is 1. The molecule has 2 aromatic rings. The number of hydrogen-bond acceptors (Lipinski definition) is 7. The predicted octanol–water partition coefficient (Wildman–Crippen LogP) is 3.18. The number of ether oxygens (including phenoxy) is 1. The summed E-state index contributed by atoms with van der Waals surface area (Å²) in [5, 5.41) is 10.9. The second-order valence-corrected chi connectivity index (χ2v) is 11.0. The molecule has 0 fully saturated rings. The Morgan fingerprint density at radius 3 is 2.62 bits per heavy atom. The number of benzene rings is 1. The maximum Gasteiger partial charge on any atom is 0.320 e. The molecule has 0 saturated carbocycles. The van der Waals surface area contributed by atoms with Crippen LogP contribution in [0.25, 0.3) is 0 Å². The Kier molecular flexibility index (Phi) is 8.84. The molecule has 0 spiro atoms. The average molecular weight is 577 g/mol. The largest absolute Gasteiger partial charge is 0.502 e. The second-order valence-electron chi connectivity index (χ2n) is 10.6. The number of fused-ring (bicyclic) bond motifs is 3. The number of rotatable bonds is 10. The normalized spacial score (nSPS) is 17.3. The van der Waals surface area contributed by atoms with Crippen molar-refractivity contribution in [1.82, 2.24) is 19.3 Å². The lowest BCUT2D eigenvalue weighted by Crippen LogP contribution is -2.40. The summed E-state index contributed by atoms with van der Waals surface area (Å²) in [7, 11) is 3.49. The lowest BCUT2D eigenvalue weighted by molar-refractivity contribution is -0.149. The van der Waals surface area contributed by atoms with Gasteiger partial charge in [0.25, 0.3) is 17.4 Å². The van der Waals surface area contributed by atoms with Crippen molar-refractivity contribution in [3.63, 3.8) is 0 Å². The third-order valence-corrected chi connectivity index (χ3v) is 7.44. The van der Waals surface area contributed by atoms with Gasteiger partial charge in [-0.05, 0) is 58.0 Å². The molecule has 10 nitrogen and oxygen atoms in total. The number of nitrogens with zero attached hydrogens (tertiary/aromatic N) is 4. The molecule has 216 valence electrons. The van der Waals surface area contributed by atoms with Crippen LogP contribution in [-0.4, -0.2) is 82.0 Å². The van der Waals surface area contributed by atoms with E-state index in [1.165, 1.54) is 32.6 Å². The number of pyridine rings is 1. The van der Waals surface area contributed by atoms with Gasteiger partial charge in [0.15, 0.2) is 5.75 Å². The number of likely N-dealkylation sites (N-methyl/N-ethyl adjacent to an activating group) is 1. The lowest BCUT2D eigenvalue weighted by Gasteiger charge is -2.30. The zero-order valence-corrected chi connectivity index (χ0v) is 23.8. The SMILES string of the molecule is CCCC[C@@H]1N(CC(C)OC(=O)CN(C)C)C(=O)c2c3c(c(O)c(=O)n21)C(=O)N(Cc1ccc(F)c(Cl)c1)CC3. The molecular formula is C28H34ClFN4O6. The third-order valence-electron chi connectivity index (χ3n) is 7.15. The molecule has 1 aromatic carbocycles. The van der Waals surface area contributed by atoms with Crippen molar-refractivity contribution in [2.24, 2.45) is 0 Å². The summed E-state index contributed by atoms with van der Waals surface area (Å²) in [5.41, 5.74) is -0.0147. The maximum atomic E-state index is 13.8. The van der Waals surface area contributed by atoms with Crippen LogP contribution in [0.15, 0.2) is 23.0 Å². The van der Waals surface area contributed by atoms with Gasteiger partial charge in [0.2, 0.25) is 0 Å². The molecule has 1 N–H and O–H groups in total. The molecule has 2 aliphatic heterocycles. The number of amides is 2. The fraction of sp³-hybridized carbons (Fsp3) is 0.500. The zero-order valence-electron chi connectivity index (χ0n) is 23.1. The molecule has 0 bridgehead atoms. The van der Waals surface area contributed by atoms with E-state index in [4.69, 9.17) is 16.3 Å². The topological polar surface area (TPSA) is 112 Å². The Hall–Kier alpha value is -3.44. The molecule has 0 saturated heterocycles. The Balaban J connectivity index is 1.67. The van der Waals surface area contributed by atoms with Crippen molar-refractivity contribution in [1.29, 1.82) is 0 Å². The molecule has 0 radical (unpaired) electrons. The fourth-order valence-corrected chi connectivity index (χ4v) is 5.56. The van der Waals surface area contributed by atoms with E-state index in [9.17, 15) is 28.7 Å². The van der Waals surface area contributed by atoms with Gasteiger partial charge in [-0.3, -0.25) is 28.6 Å². The van der Waals surface area contributed by atoms with E-state index in [1.54, 1.807) is 25.9 Å². The summed E-state index contributed by atoms with van der Waals surface area (Å²) in [6.07, 6.45) is 0.877. The summed E-state index contributed by atoms with van der Waals surface area (Å²) >= 11 is 5.89. The van der Waals surface area contributed by atoms with E-state index in [-0.39, 0.29) is 48.9 Å². The number of halogens is 2. The second kappa shape index (κ2) is 12.0. The van der Waals surface area contributed by atoms with E-state index in [1.807, 2.05) is 6.92 Å². The standard InChI is InChI=1S/C28H34ClFN4O6/c1-5-6-7-21-33(13-16(2)40-22(35)15-31(3)4)27(38)24-18-10-11-32(14-17-8-9-20(30)19(29)12-17)26(37)23(18)25(36)28(39)34(21)24/h8-9,12,16,21,36H,5-7,10-11,13-15H2,1-4H3/t16?,21-/m1/s1. The summed E-state index contributed by atoms with van der Waals surface area (Å²) in [6, 6.07) is 4.14. The number of esters is 1. The highest BCUT2D eigenvalue weighted by Gasteiger charge is 2.44. The fourth-order valence-electron chi connectivity index (χ4n) is 5.36. The van der Waals surface area contributed by atoms with Crippen LogP contribution < -0.4 is 5.56 Å². The van der Waals surface area contributed by atoms with Crippen LogP contribution in [0, 0.1) is 5.82 Å². The van der Waals surface area contributed by atoms with Crippen LogP contribution in [0.4, 0.5) is 4.39 Å². The van der Waals surface area contributed by atoms with Gasteiger partial charge in [0.05, 0.1) is 23.7 Å². The van der Waals surface area contributed by atoms with E-state index in [0.717, 1.165) is 6.42 Å². The van der Waals surface area contributed by atoms with Crippen LogP contribution in [0.5, 0.6) is 5.75 Å². The highest BCUT2D eigenvalue weighted by Crippen LogP contribution is 2.37. The van der Waals surface area contributed by atoms with Crippen LogP contribution in [0.2, 0.25) is 5.02 Å². The van der Waals surface area contributed by atoms with Gasteiger partial charge in [-0.15, -0.1) is 0 Å². The molecule has 1 unspecified atom stereocenters. The molecule has 2 atom stereocenters. The van der Waals surface area contributed by atoms with Gasteiger partial charge in [-0.2, -0.15) is 0 Å². The molecule has 3 heterocycles. The molecule has 2 amide bonds. The number of carbonyl (C=O) groups excluding carboxylic acids is 3. The third kappa shape index (κ3) is 5.71. The van der Waals surface area contributed by atoms with Crippen molar-refractivity contribution in [3.05, 3.63) is 61.8 Å². The molecular weight excluding hydrogens is 543 g/mol. The molecule has 40 heavy (non-hydrogen) atoms. The highest BCUT2D eigenvalue weighted by molar-refractivity contribution is 6.30. The molecule has 4 rings (SSSR count). The van der Waals surface area contributed by atoms with Crippen LogP contribution in [0.1, 0.15) is 71.2 Å². The Morgan fingerprint density at radius 2 is 1.98 bits per heavy atom. The van der Waals surface area contributed by atoms with Gasteiger partial charge < -0.3 is 19.6 Å². The lowest BCUT2D eigenvalue weighted by atomic mass is 9.95. The zero-order chi connectivity index (χ0) is 29.3. The first-order chi connectivity index (χ1) is 18.9. The van der Waals surface area contributed by atoms with Crippen LogP contribution in [0.3, 0.4) is 0 Å². The quantitative estimate of drug-likeness (QED) is 0.432. The minimum absolute atomic E-state index is 0.0500. The smallest absolute Gasteiger partial charge is 0.320 e. The number of unbranched alkanes of at least 4 members (excludes halogenated alkanes) is 1. The molecule has 1 aromatic heterocycles. The van der Waals surface area contributed by atoms with Gasteiger partial charge in [0.1, 0.15) is 23.8 Å². The van der Waals surface area contributed by atoms with Crippen molar-refractivity contribution < 1.29 is 28.6 Å². The van der Waals surface area contributed by atoms with Crippen molar-refractivity contribution in [2.45, 2.75) is 58.3 Å². The van der Waals surface area contributed by atoms with Crippen molar-refractivity contribution in [2.75, 3.05) is 33.7 Å². The van der Waals surface area contributed by atoms with Gasteiger partial charge in [-0.25, -0.2) is 4.39 Å². The minimum Gasteiger partial charge on any atom is -0.502 e. The highest BCUT2D eigenvalue weighted by atomic mass is 35.5. The number of aromatic nitrogens is 1. The number of carbonyl (C=O) groups is 3. The average Bonchev–Trinajstić information content (AvgIpc) is 3.15. The van der Waals surface area contributed by atoms with Gasteiger partial charge >= 0.3 is 5.97 Å². The summed E-state index contributed by atoms with van der Waals surface area (Å²) < 4.78 is 20.4. The Morgan fingerprint density at radius 1 is 1.25 bits per heavy atom. The van der Waals surface area contributed by atoms with E-state index >= 15 is 0 Å². The number of aromatic hydroxyl groups is 1. The molecule has 12 heteroatoms. The van der Waals surface area contributed by atoms with Crippen molar-refractivity contribution >= 4 is 29.4 Å². The summed E-state index contributed by atoms with van der Waals surface area (Å²) in [4.78, 5) is 57.6.